The highest BCUT2D eigenvalue weighted by Gasteiger charge is 2.25. The molecular weight excluding hydrogens is 378 g/mol. The summed E-state index contributed by atoms with van der Waals surface area (Å²) in [7, 11) is 0. The van der Waals surface area contributed by atoms with E-state index in [9.17, 15) is 9.59 Å². The lowest BCUT2D eigenvalue weighted by Crippen LogP contribution is -2.39. The molecular formula is C21H26ClN3O3. The standard InChI is InChI=1S/C21H26ClN3O3/c1-21(2,3)28-20(27)23-9-5-8-17-12-24-19(26)18-11-15(13-25(17)18)14-6-4-7-16(22)10-14/h4,6-7,10-11,13,17H,5,8-9,12H2,1-3H3,(H,23,27)(H,24,26)/t17-/m0/s1. The van der Waals surface area contributed by atoms with Gasteiger partial charge in [0.05, 0.1) is 6.04 Å². The minimum absolute atomic E-state index is 0.0728. The van der Waals surface area contributed by atoms with Gasteiger partial charge in [0.2, 0.25) is 0 Å². The fraction of sp³-hybridized carbons (Fsp3) is 0.429. The molecule has 0 bridgehead atoms. The number of aromatic nitrogens is 1. The molecule has 28 heavy (non-hydrogen) atoms. The Morgan fingerprint density at radius 1 is 1.32 bits per heavy atom. The van der Waals surface area contributed by atoms with Gasteiger partial charge in [-0.2, -0.15) is 0 Å². The minimum Gasteiger partial charge on any atom is -0.444 e. The highest BCUT2D eigenvalue weighted by molar-refractivity contribution is 6.30. The normalized spacial score (nSPS) is 16.3. The van der Waals surface area contributed by atoms with Crippen LogP contribution in [-0.4, -0.2) is 35.3 Å². The number of nitrogens with zero attached hydrogens (tertiary/aromatic N) is 1. The molecule has 6 nitrogen and oxygen atoms in total. The Labute approximate surface area is 170 Å². The van der Waals surface area contributed by atoms with Gasteiger partial charge in [-0.15, -0.1) is 0 Å². The van der Waals surface area contributed by atoms with Gasteiger partial charge >= 0.3 is 6.09 Å². The molecule has 1 aromatic heterocycles. The van der Waals surface area contributed by atoms with Crippen LogP contribution in [0.1, 0.15) is 50.1 Å². The summed E-state index contributed by atoms with van der Waals surface area (Å²) in [5, 5.41) is 6.39. The molecule has 2 heterocycles. The van der Waals surface area contributed by atoms with Crippen molar-refractivity contribution >= 4 is 23.6 Å². The Balaban J connectivity index is 1.63. The van der Waals surface area contributed by atoms with E-state index in [1.165, 1.54) is 0 Å². The van der Waals surface area contributed by atoms with Gasteiger partial charge in [0.25, 0.3) is 5.91 Å². The fourth-order valence-electron chi connectivity index (χ4n) is 3.27. The molecule has 1 aliphatic rings. The van der Waals surface area contributed by atoms with E-state index in [0.717, 1.165) is 24.0 Å². The second kappa shape index (κ2) is 8.27. The van der Waals surface area contributed by atoms with Gasteiger partial charge < -0.3 is 19.9 Å². The van der Waals surface area contributed by atoms with Crippen molar-refractivity contribution in [2.45, 2.75) is 45.3 Å². The number of benzene rings is 1. The number of amides is 2. The maximum absolute atomic E-state index is 12.3. The van der Waals surface area contributed by atoms with Gasteiger partial charge in [-0.05, 0) is 57.4 Å². The minimum atomic E-state index is -0.505. The summed E-state index contributed by atoms with van der Waals surface area (Å²) in [5.74, 6) is -0.0728. The van der Waals surface area contributed by atoms with Crippen LogP contribution in [0.3, 0.4) is 0 Å². The molecule has 1 atom stereocenters. The van der Waals surface area contributed by atoms with E-state index in [0.29, 0.717) is 23.8 Å². The summed E-state index contributed by atoms with van der Waals surface area (Å²) >= 11 is 6.10. The molecule has 0 saturated carbocycles. The van der Waals surface area contributed by atoms with Crippen LogP contribution < -0.4 is 10.6 Å². The van der Waals surface area contributed by atoms with E-state index in [1.807, 2.05) is 61.9 Å². The third-order valence-corrected chi connectivity index (χ3v) is 4.75. The summed E-state index contributed by atoms with van der Waals surface area (Å²) in [6.07, 6.45) is 3.21. The smallest absolute Gasteiger partial charge is 0.407 e. The number of carbonyl (C=O) groups is 2. The van der Waals surface area contributed by atoms with Gasteiger partial charge in [-0.3, -0.25) is 4.79 Å². The van der Waals surface area contributed by atoms with E-state index >= 15 is 0 Å². The lowest BCUT2D eigenvalue weighted by molar-refractivity contribution is 0.0526. The van der Waals surface area contributed by atoms with Gasteiger partial charge in [0, 0.05) is 29.9 Å². The Kier molecular flexibility index (Phi) is 5.98. The predicted molar refractivity (Wildman–Crippen MR) is 110 cm³/mol. The molecule has 1 aliphatic heterocycles. The van der Waals surface area contributed by atoms with E-state index in [4.69, 9.17) is 16.3 Å². The third kappa shape index (κ3) is 5.07. The molecule has 7 heteroatoms. The van der Waals surface area contributed by atoms with Crippen LogP contribution in [-0.2, 0) is 4.74 Å². The lowest BCUT2D eigenvalue weighted by Gasteiger charge is -2.26. The highest BCUT2D eigenvalue weighted by Crippen LogP contribution is 2.29. The molecule has 150 valence electrons. The quantitative estimate of drug-likeness (QED) is 0.727. The predicted octanol–water partition coefficient (Wildman–Crippen LogP) is 4.40. The molecule has 2 aromatic rings. The first-order valence-corrected chi connectivity index (χ1v) is 9.83. The molecule has 2 N–H and O–H groups in total. The zero-order chi connectivity index (χ0) is 20.3. The van der Waals surface area contributed by atoms with Crippen LogP contribution in [0.15, 0.2) is 36.5 Å². The van der Waals surface area contributed by atoms with Crippen molar-refractivity contribution in [1.29, 1.82) is 0 Å². The Hall–Kier alpha value is -2.47. The summed E-state index contributed by atoms with van der Waals surface area (Å²) in [6, 6.07) is 9.63. The van der Waals surface area contributed by atoms with E-state index in [-0.39, 0.29) is 11.9 Å². The van der Waals surface area contributed by atoms with Crippen molar-refractivity contribution in [3.8, 4) is 11.1 Å². The number of hydrogen-bond donors (Lipinski definition) is 2. The average molecular weight is 404 g/mol. The Bertz CT molecular complexity index is 870. The molecule has 0 radical (unpaired) electrons. The molecule has 1 aromatic carbocycles. The van der Waals surface area contributed by atoms with E-state index in [2.05, 4.69) is 10.6 Å². The van der Waals surface area contributed by atoms with Crippen LogP contribution in [0, 0.1) is 0 Å². The van der Waals surface area contributed by atoms with Crippen molar-refractivity contribution in [3.63, 3.8) is 0 Å². The SMILES string of the molecule is CC(C)(C)OC(=O)NCCC[C@H]1CNC(=O)c2cc(-c3cccc(Cl)c3)cn21. The number of hydrogen-bond acceptors (Lipinski definition) is 3. The molecule has 0 unspecified atom stereocenters. The molecule has 0 saturated heterocycles. The van der Waals surface area contributed by atoms with Crippen molar-refractivity contribution < 1.29 is 14.3 Å². The number of alkyl carbamates (subject to hydrolysis) is 1. The lowest BCUT2D eigenvalue weighted by atomic mass is 10.1. The maximum Gasteiger partial charge on any atom is 0.407 e. The molecule has 0 spiro atoms. The van der Waals surface area contributed by atoms with Gasteiger partial charge in [-0.1, -0.05) is 23.7 Å². The topological polar surface area (TPSA) is 72.4 Å². The van der Waals surface area contributed by atoms with Gasteiger partial charge in [0.1, 0.15) is 11.3 Å². The van der Waals surface area contributed by atoms with Gasteiger partial charge in [0.15, 0.2) is 0 Å². The second-order valence-electron chi connectivity index (χ2n) is 7.97. The van der Waals surface area contributed by atoms with Crippen molar-refractivity contribution in [2.24, 2.45) is 0 Å². The van der Waals surface area contributed by atoms with Crippen molar-refractivity contribution in [2.75, 3.05) is 13.1 Å². The van der Waals surface area contributed by atoms with Gasteiger partial charge in [-0.25, -0.2) is 4.79 Å². The van der Waals surface area contributed by atoms with Crippen molar-refractivity contribution in [3.05, 3.63) is 47.2 Å². The summed E-state index contributed by atoms with van der Waals surface area (Å²) in [6.45, 7) is 6.60. The zero-order valence-electron chi connectivity index (χ0n) is 16.4. The Morgan fingerprint density at radius 2 is 2.11 bits per heavy atom. The van der Waals surface area contributed by atoms with Crippen LogP contribution in [0.4, 0.5) is 4.79 Å². The van der Waals surface area contributed by atoms with Crippen molar-refractivity contribution in [1.82, 2.24) is 15.2 Å². The van der Waals surface area contributed by atoms with Crippen LogP contribution in [0.25, 0.3) is 11.1 Å². The molecule has 0 fully saturated rings. The van der Waals surface area contributed by atoms with Crippen LogP contribution in [0.5, 0.6) is 0 Å². The van der Waals surface area contributed by atoms with E-state index in [1.54, 1.807) is 0 Å². The monoisotopic (exact) mass is 403 g/mol. The maximum atomic E-state index is 12.3. The number of halogens is 1. The number of carbonyl (C=O) groups excluding carboxylic acids is 2. The molecule has 2 amide bonds. The third-order valence-electron chi connectivity index (χ3n) is 4.51. The van der Waals surface area contributed by atoms with Crippen LogP contribution in [0.2, 0.25) is 5.02 Å². The molecule has 0 aliphatic carbocycles. The average Bonchev–Trinajstić information content (AvgIpc) is 3.05. The first-order valence-electron chi connectivity index (χ1n) is 9.46. The number of ether oxygens (including phenoxy) is 1. The summed E-state index contributed by atoms with van der Waals surface area (Å²) in [4.78, 5) is 24.0. The molecule has 3 rings (SSSR count). The number of rotatable bonds is 5. The largest absolute Gasteiger partial charge is 0.444 e. The highest BCUT2D eigenvalue weighted by atomic mass is 35.5. The Morgan fingerprint density at radius 3 is 2.82 bits per heavy atom. The zero-order valence-corrected chi connectivity index (χ0v) is 17.2. The summed E-state index contributed by atoms with van der Waals surface area (Å²) < 4.78 is 7.27. The van der Waals surface area contributed by atoms with Crippen LogP contribution >= 0.6 is 11.6 Å². The first kappa shape index (κ1) is 20.3. The second-order valence-corrected chi connectivity index (χ2v) is 8.40. The number of fused-ring (bicyclic) bond motifs is 1. The number of nitrogens with one attached hydrogen (secondary N) is 2. The first-order chi connectivity index (χ1) is 13.2. The summed E-state index contributed by atoms with van der Waals surface area (Å²) in [5.41, 5.74) is 2.08. The fourth-order valence-corrected chi connectivity index (χ4v) is 3.46. The van der Waals surface area contributed by atoms with E-state index < -0.39 is 11.7 Å².